The third-order valence-electron chi connectivity index (χ3n) is 1.05. The lowest BCUT2D eigenvalue weighted by molar-refractivity contribution is 0.246. The first-order chi connectivity index (χ1) is 4.52. The van der Waals surface area contributed by atoms with Crippen molar-refractivity contribution in [3.8, 4) is 0 Å². The Labute approximate surface area is 67.6 Å². The highest BCUT2D eigenvalue weighted by Gasteiger charge is 2.33. The molecule has 0 spiro atoms. The summed E-state index contributed by atoms with van der Waals surface area (Å²) < 4.78 is 11.6. The van der Waals surface area contributed by atoms with Crippen molar-refractivity contribution >= 4 is 36.0 Å². The van der Waals surface area contributed by atoms with Crippen molar-refractivity contribution in [2.45, 2.75) is 0 Å². The van der Waals surface area contributed by atoms with Gasteiger partial charge in [0, 0.05) is 12.3 Å². The van der Waals surface area contributed by atoms with Gasteiger partial charge in [0.25, 0.3) is 5.24 Å². The molecule has 1 aliphatic heterocycles. The molecule has 1 saturated heterocycles. The maximum Gasteiger partial charge on any atom is 0.350 e. The minimum atomic E-state index is -3.61. The van der Waals surface area contributed by atoms with E-state index >= 15 is 0 Å². The van der Waals surface area contributed by atoms with Crippen molar-refractivity contribution in [1.29, 1.82) is 0 Å². The quantitative estimate of drug-likeness (QED) is 0.492. The van der Waals surface area contributed by atoms with Crippen LogP contribution in [0.3, 0.4) is 0 Å². The van der Waals surface area contributed by atoms with Crippen LogP contribution in [0.5, 0.6) is 0 Å². The zero-order chi connectivity index (χ0) is 7.78. The van der Waals surface area contributed by atoms with E-state index in [-0.39, 0.29) is 5.24 Å². The van der Waals surface area contributed by atoms with Gasteiger partial charge >= 0.3 is 6.72 Å². The normalized spacial score (nSPS) is 25.0. The number of carbonyl (C=O) groups excluding carboxylic acids is 1. The Morgan fingerprint density at radius 3 is 2.60 bits per heavy atom. The van der Waals surface area contributed by atoms with Gasteiger partial charge < -0.3 is 4.89 Å². The van der Waals surface area contributed by atoms with E-state index in [2.05, 4.69) is 12.2 Å². The fourth-order valence-corrected chi connectivity index (χ4v) is 3.22. The van der Waals surface area contributed by atoms with E-state index in [9.17, 15) is 9.36 Å². The average Bonchev–Trinajstić information content (AvgIpc) is 2.11. The molecule has 1 aliphatic rings. The molecule has 1 fully saturated rings. The van der Waals surface area contributed by atoms with Crippen LogP contribution < -0.4 is 0 Å². The summed E-state index contributed by atoms with van der Waals surface area (Å²) in [5, 5.41) is -0.360. The molecule has 7 heteroatoms. The van der Waals surface area contributed by atoms with Gasteiger partial charge in [-0.3, -0.25) is 14.0 Å². The van der Waals surface area contributed by atoms with E-state index in [1.807, 2.05) is 0 Å². The Balaban J connectivity index is 2.74. The molecule has 4 nitrogen and oxygen atoms in total. The lowest BCUT2D eigenvalue weighted by atomic mass is 10.8. The zero-order valence-corrected chi connectivity index (χ0v) is 7.53. The van der Waals surface area contributed by atoms with Crippen LogP contribution in [0, 0.1) is 0 Å². The van der Waals surface area contributed by atoms with Crippen LogP contribution >= 0.6 is 30.7 Å². The number of nitrogens with zero attached hydrogens (tertiary/aromatic N) is 1. The molecular weight excluding hydrogens is 193 g/mol. The molecule has 10 heavy (non-hydrogen) atoms. The highest BCUT2D eigenvalue weighted by atomic mass is 32.7. The third kappa shape index (κ3) is 1.69. The number of hydrogen-bond donors (Lipinski definition) is 2. The van der Waals surface area contributed by atoms with E-state index in [1.165, 1.54) is 0 Å². The van der Waals surface area contributed by atoms with Gasteiger partial charge in [-0.2, -0.15) is 0 Å². The summed E-state index contributed by atoms with van der Waals surface area (Å²) in [5.74, 6) is 0.573. The topological polar surface area (TPSA) is 57.6 Å². The van der Waals surface area contributed by atoms with E-state index in [0.29, 0.717) is 12.3 Å². The maximum absolute atomic E-state index is 10.7. The minimum absolute atomic E-state index is 0.320. The summed E-state index contributed by atoms with van der Waals surface area (Å²) in [7, 11) is 0. The van der Waals surface area contributed by atoms with E-state index in [4.69, 9.17) is 4.89 Å². The molecule has 1 unspecified atom stereocenters. The first kappa shape index (κ1) is 8.46. The van der Waals surface area contributed by atoms with Crippen molar-refractivity contribution in [1.82, 2.24) is 4.67 Å². The Morgan fingerprint density at radius 1 is 1.80 bits per heavy atom. The largest absolute Gasteiger partial charge is 0.350 e. The summed E-state index contributed by atoms with van der Waals surface area (Å²) in [6, 6.07) is 0. The minimum Gasteiger partial charge on any atom is -0.321 e. The molecule has 58 valence electrons. The standard InChI is InChI=1S/C3H6NO3PS2/c5-3-4(1-2-10-3)8(6,7)9/h1-2H2,(H2,6,7,9). The van der Waals surface area contributed by atoms with E-state index in [1.54, 1.807) is 0 Å². The van der Waals surface area contributed by atoms with Crippen LogP contribution in [0.25, 0.3) is 0 Å². The highest BCUT2D eigenvalue weighted by molar-refractivity contribution is 8.45. The van der Waals surface area contributed by atoms with E-state index in [0.717, 1.165) is 16.4 Å². The second-order valence-corrected chi connectivity index (χ2v) is 5.87. The molecule has 0 radical (unpaired) electrons. The number of thiol groups is 1. The molecule has 0 aromatic heterocycles. The van der Waals surface area contributed by atoms with Crippen LogP contribution in [0.1, 0.15) is 0 Å². The monoisotopic (exact) mass is 199 g/mol. The SMILES string of the molecule is O=C1SCCN1P(=O)(O)S. The Morgan fingerprint density at radius 2 is 2.40 bits per heavy atom. The fraction of sp³-hybridized carbons (Fsp3) is 0.667. The first-order valence-electron chi connectivity index (χ1n) is 2.52. The molecule has 0 aromatic carbocycles. The second kappa shape index (κ2) is 2.77. The molecule has 1 N–H and O–H groups in total. The number of amides is 1. The van der Waals surface area contributed by atoms with Gasteiger partial charge in [0.05, 0.1) is 0 Å². The van der Waals surface area contributed by atoms with Crippen molar-refractivity contribution in [2.24, 2.45) is 0 Å². The van der Waals surface area contributed by atoms with Crippen LogP contribution in [0.2, 0.25) is 0 Å². The van der Waals surface area contributed by atoms with Gasteiger partial charge in [-0.25, -0.2) is 0 Å². The second-order valence-electron chi connectivity index (χ2n) is 1.75. The fourth-order valence-electron chi connectivity index (χ4n) is 0.622. The predicted octanol–water partition coefficient (Wildman–Crippen LogP) is 1.19. The smallest absolute Gasteiger partial charge is 0.321 e. The molecule has 1 heterocycles. The molecular formula is C3H6NO3PS2. The third-order valence-corrected chi connectivity index (χ3v) is 3.70. The summed E-state index contributed by atoms with van der Waals surface area (Å²) in [4.78, 5) is 19.5. The molecule has 1 atom stereocenters. The Kier molecular flexibility index (Phi) is 2.34. The van der Waals surface area contributed by atoms with Gasteiger partial charge in [-0.15, -0.1) is 0 Å². The Hall–Kier alpha value is 0.360. The lowest BCUT2D eigenvalue weighted by Gasteiger charge is -2.15. The zero-order valence-electron chi connectivity index (χ0n) is 4.93. The number of rotatable bonds is 1. The summed E-state index contributed by atoms with van der Waals surface area (Å²) in [6.45, 7) is -3.29. The number of thioether (sulfide) groups is 1. The maximum atomic E-state index is 10.7. The molecule has 0 aliphatic carbocycles. The van der Waals surface area contributed by atoms with Gasteiger partial charge in [-0.05, 0) is 0 Å². The van der Waals surface area contributed by atoms with Crippen molar-refractivity contribution in [2.75, 3.05) is 12.3 Å². The molecule has 1 rings (SSSR count). The van der Waals surface area contributed by atoms with Gasteiger partial charge in [0.2, 0.25) is 0 Å². The van der Waals surface area contributed by atoms with Crippen LogP contribution in [-0.4, -0.2) is 27.1 Å². The van der Waals surface area contributed by atoms with Crippen molar-refractivity contribution in [3.63, 3.8) is 0 Å². The summed E-state index contributed by atoms with van der Waals surface area (Å²) in [5.41, 5.74) is 0. The Bertz CT molecular complexity index is 202. The summed E-state index contributed by atoms with van der Waals surface area (Å²) >= 11 is 4.45. The molecule has 0 bridgehead atoms. The lowest BCUT2D eigenvalue weighted by Crippen LogP contribution is -2.16. The van der Waals surface area contributed by atoms with Gasteiger partial charge in [0.1, 0.15) is 0 Å². The summed E-state index contributed by atoms with van der Waals surface area (Å²) in [6.07, 6.45) is 0. The van der Waals surface area contributed by atoms with Crippen LogP contribution in [-0.2, 0) is 4.57 Å². The molecule has 1 amide bonds. The molecule has 0 saturated carbocycles. The van der Waals surface area contributed by atoms with Crippen LogP contribution in [0.4, 0.5) is 4.79 Å². The number of carbonyl (C=O) groups is 1. The number of hydrogen-bond acceptors (Lipinski definition) is 3. The first-order valence-corrected chi connectivity index (χ1v) is 6.27. The predicted molar refractivity (Wildman–Crippen MR) is 43.4 cm³/mol. The average molecular weight is 199 g/mol. The van der Waals surface area contributed by atoms with Gasteiger partial charge in [0.15, 0.2) is 0 Å². The highest BCUT2D eigenvalue weighted by Crippen LogP contribution is 2.52. The van der Waals surface area contributed by atoms with Crippen molar-refractivity contribution < 1.29 is 14.3 Å². The molecule has 0 aromatic rings. The van der Waals surface area contributed by atoms with E-state index < -0.39 is 6.72 Å². The van der Waals surface area contributed by atoms with Crippen LogP contribution in [0.15, 0.2) is 0 Å². The van der Waals surface area contributed by atoms with Gasteiger partial charge in [-0.1, -0.05) is 24.0 Å². The van der Waals surface area contributed by atoms with Crippen molar-refractivity contribution in [3.05, 3.63) is 0 Å².